The van der Waals surface area contributed by atoms with Gasteiger partial charge in [0.05, 0.1) is 18.2 Å². The molecule has 5 amide bonds. The molecule has 6 bridgehead atoms. The quantitative estimate of drug-likeness (QED) is 0.300. The van der Waals surface area contributed by atoms with Crippen LogP contribution in [0.3, 0.4) is 0 Å². The number of carbonyl (C=O) groups excluding carboxylic acids is 5. The maximum atomic E-state index is 14.2. The van der Waals surface area contributed by atoms with Crippen molar-refractivity contribution in [1.29, 1.82) is 0 Å². The number of benzene rings is 2. The number of hydrogen-bond donors (Lipinski definition) is 2. The Hall–Kier alpha value is -5.26. The summed E-state index contributed by atoms with van der Waals surface area (Å²) in [5.74, 6) is -0.501. The molecule has 302 valence electrons. The number of nitrogens with one attached hydrogen (secondary N) is 2. The lowest BCUT2D eigenvalue weighted by Crippen LogP contribution is -2.52. The molecule has 4 aliphatic heterocycles. The van der Waals surface area contributed by atoms with E-state index in [0.29, 0.717) is 42.9 Å². The molecular formula is C44H60N6O6. The monoisotopic (exact) mass is 768 g/mol. The van der Waals surface area contributed by atoms with Crippen molar-refractivity contribution in [2.24, 2.45) is 16.2 Å². The van der Waals surface area contributed by atoms with Crippen LogP contribution in [0.15, 0.2) is 66.9 Å². The zero-order valence-corrected chi connectivity index (χ0v) is 34.8. The first-order valence-electron chi connectivity index (χ1n) is 19.3. The second-order valence-electron chi connectivity index (χ2n) is 17.4. The van der Waals surface area contributed by atoms with Crippen molar-refractivity contribution >= 4 is 35.2 Å². The predicted octanol–water partition coefficient (Wildman–Crippen LogP) is 6.21. The van der Waals surface area contributed by atoms with Gasteiger partial charge in [0.1, 0.15) is 18.1 Å². The van der Waals surface area contributed by atoms with Crippen LogP contribution < -0.4 is 15.4 Å². The van der Waals surface area contributed by atoms with E-state index in [0.717, 1.165) is 11.1 Å². The van der Waals surface area contributed by atoms with Crippen molar-refractivity contribution in [3.8, 4) is 5.75 Å². The average molecular weight is 769 g/mol. The van der Waals surface area contributed by atoms with Crippen LogP contribution in [0.25, 0.3) is 0 Å². The summed E-state index contributed by atoms with van der Waals surface area (Å²) < 4.78 is 5.81. The average Bonchev–Trinajstić information content (AvgIpc) is 3.14. The SMILES string of the molecule is C[C@H]1N(C)C(=O)c2cccc(c2)CNC(=O)c2ccc(cn2)OCCN(C)C(=O)CC(C)(C)CC(=O)N(C)CCc2ccc(cc2)NC(=O)[C@@]1(C)CC(C)(C)C. The van der Waals surface area contributed by atoms with Gasteiger partial charge in [-0.2, -0.15) is 0 Å². The van der Waals surface area contributed by atoms with Crippen LogP contribution in [0.2, 0.25) is 0 Å². The number of hydrogen-bond acceptors (Lipinski definition) is 7. The van der Waals surface area contributed by atoms with Gasteiger partial charge < -0.3 is 30.1 Å². The molecule has 0 unspecified atom stereocenters. The van der Waals surface area contributed by atoms with Gasteiger partial charge in [0.15, 0.2) is 0 Å². The fraction of sp³-hybridized carbons (Fsp3) is 0.500. The summed E-state index contributed by atoms with van der Waals surface area (Å²) in [7, 11) is 5.20. The van der Waals surface area contributed by atoms with E-state index in [1.165, 1.54) is 6.20 Å². The number of amides is 5. The van der Waals surface area contributed by atoms with Crippen LogP contribution in [0.4, 0.5) is 5.69 Å². The Morgan fingerprint density at radius 2 is 1.48 bits per heavy atom. The summed E-state index contributed by atoms with van der Waals surface area (Å²) >= 11 is 0. The molecule has 5 heterocycles. The van der Waals surface area contributed by atoms with Crippen LogP contribution in [0.1, 0.15) is 99.7 Å². The molecule has 0 radical (unpaired) electrons. The van der Waals surface area contributed by atoms with Crippen LogP contribution in [-0.4, -0.2) is 96.1 Å². The largest absolute Gasteiger partial charge is 0.490 e. The van der Waals surface area contributed by atoms with Gasteiger partial charge in [-0.3, -0.25) is 24.0 Å². The molecule has 12 heteroatoms. The molecular weight excluding hydrogens is 709 g/mol. The third-order valence-electron chi connectivity index (χ3n) is 10.6. The molecule has 3 aromatic rings. The highest BCUT2D eigenvalue weighted by molar-refractivity contribution is 5.98. The van der Waals surface area contributed by atoms with E-state index in [-0.39, 0.29) is 66.6 Å². The topological polar surface area (TPSA) is 141 Å². The van der Waals surface area contributed by atoms with Gasteiger partial charge >= 0.3 is 0 Å². The number of nitrogens with zero attached hydrogens (tertiary/aromatic N) is 4. The lowest BCUT2D eigenvalue weighted by molar-refractivity contribution is -0.135. The minimum absolute atomic E-state index is 0.0447. The second kappa shape index (κ2) is 18.1. The Balaban J connectivity index is 1.59. The van der Waals surface area contributed by atoms with Gasteiger partial charge in [0.25, 0.3) is 11.8 Å². The summed E-state index contributed by atoms with van der Waals surface area (Å²) in [4.78, 5) is 76.6. The molecule has 0 spiro atoms. The molecule has 0 aliphatic carbocycles. The van der Waals surface area contributed by atoms with Gasteiger partial charge in [-0.25, -0.2) is 4.98 Å². The predicted molar refractivity (Wildman–Crippen MR) is 218 cm³/mol. The zero-order valence-electron chi connectivity index (χ0n) is 34.8. The number of pyridine rings is 1. The molecule has 56 heavy (non-hydrogen) atoms. The summed E-state index contributed by atoms with van der Waals surface area (Å²) in [5, 5.41) is 5.98. The third kappa shape index (κ3) is 11.9. The van der Waals surface area contributed by atoms with E-state index in [1.54, 1.807) is 66.2 Å². The molecule has 2 N–H and O–H groups in total. The first-order valence-corrected chi connectivity index (χ1v) is 19.3. The van der Waals surface area contributed by atoms with Crippen molar-refractivity contribution in [3.05, 3.63) is 89.2 Å². The molecule has 7 rings (SSSR count). The molecule has 0 saturated heterocycles. The summed E-state index contributed by atoms with van der Waals surface area (Å²) in [6.07, 6.45) is 3.01. The van der Waals surface area contributed by atoms with E-state index < -0.39 is 16.9 Å². The van der Waals surface area contributed by atoms with Gasteiger partial charge in [0, 0.05) is 64.4 Å². The molecule has 2 aromatic carbocycles. The van der Waals surface area contributed by atoms with Gasteiger partial charge in [0.2, 0.25) is 17.7 Å². The fourth-order valence-corrected chi connectivity index (χ4v) is 7.04. The van der Waals surface area contributed by atoms with E-state index in [1.807, 2.05) is 58.0 Å². The highest BCUT2D eigenvalue weighted by atomic mass is 16.5. The van der Waals surface area contributed by atoms with Crippen molar-refractivity contribution in [2.75, 3.05) is 46.2 Å². The standard InChI is InChI=1S/C44H60N6O6/c1-30-44(7,29-42(2,3)4)41(55)47-34-16-14-31(15-17-34)20-21-48(8)37(51)25-43(5,6)26-38(52)49(9)22-23-56-35-18-19-36(45-28-35)39(53)46-27-32-12-11-13-33(24-32)40(54)50(30)10/h11-19,24,28,30H,20-23,25-27,29H2,1-10H3,(H,46,53)(H,47,55)/t30-,44+/m1/s1. The molecule has 4 aliphatic rings. The summed E-state index contributed by atoms with van der Waals surface area (Å²) in [6.45, 7) is 15.1. The number of ether oxygens (including phenoxy) is 1. The Kier molecular flexibility index (Phi) is 14.1. The highest BCUT2D eigenvalue weighted by Crippen LogP contribution is 2.39. The normalized spacial score (nSPS) is 21.5. The Morgan fingerprint density at radius 1 is 0.839 bits per heavy atom. The van der Waals surface area contributed by atoms with Crippen LogP contribution in [-0.2, 0) is 27.3 Å². The summed E-state index contributed by atoms with van der Waals surface area (Å²) in [6, 6.07) is 17.4. The molecule has 0 fully saturated rings. The Morgan fingerprint density at radius 3 is 2.09 bits per heavy atom. The van der Waals surface area contributed by atoms with E-state index in [2.05, 4.69) is 36.4 Å². The Bertz CT molecular complexity index is 1870. The van der Waals surface area contributed by atoms with Crippen molar-refractivity contribution in [2.45, 2.75) is 86.7 Å². The number of rotatable bonds is 1. The first kappa shape index (κ1) is 43.5. The lowest BCUT2D eigenvalue weighted by Gasteiger charge is -2.43. The lowest BCUT2D eigenvalue weighted by atomic mass is 9.69. The number of likely N-dealkylation sites (N-methyl/N-ethyl adjacent to an activating group) is 2. The van der Waals surface area contributed by atoms with Crippen molar-refractivity contribution in [3.63, 3.8) is 0 Å². The highest BCUT2D eigenvalue weighted by Gasteiger charge is 2.45. The van der Waals surface area contributed by atoms with Gasteiger partial charge in [-0.15, -0.1) is 0 Å². The smallest absolute Gasteiger partial charge is 0.270 e. The molecule has 0 saturated carbocycles. The maximum absolute atomic E-state index is 14.2. The van der Waals surface area contributed by atoms with Gasteiger partial charge in [-0.1, -0.05) is 58.9 Å². The minimum Gasteiger partial charge on any atom is -0.490 e. The fourth-order valence-electron chi connectivity index (χ4n) is 7.04. The minimum atomic E-state index is -0.962. The zero-order chi connectivity index (χ0) is 41.4. The number of anilines is 1. The van der Waals surface area contributed by atoms with Crippen LogP contribution in [0.5, 0.6) is 5.75 Å². The molecule has 12 nitrogen and oxygen atoms in total. The van der Waals surface area contributed by atoms with E-state index in [4.69, 9.17) is 4.74 Å². The number of aromatic nitrogens is 1. The number of carbonyl (C=O) groups is 5. The third-order valence-corrected chi connectivity index (χ3v) is 10.6. The van der Waals surface area contributed by atoms with Gasteiger partial charge in [-0.05, 0) is 85.0 Å². The van der Waals surface area contributed by atoms with E-state index >= 15 is 0 Å². The second-order valence-corrected chi connectivity index (χ2v) is 17.4. The van der Waals surface area contributed by atoms with Crippen LogP contribution in [0, 0.1) is 16.2 Å². The first-order chi connectivity index (χ1) is 26.2. The van der Waals surface area contributed by atoms with Crippen molar-refractivity contribution in [1.82, 2.24) is 25.0 Å². The summed E-state index contributed by atoms with van der Waals surface area (Å²) in [5.41, 5.74) is 1.27. The van der Waals surface area contributed by atoms with E-state index in [9.17, 15) is 24.0 Å². The molecule has 1 aromatic heterocycles. The Labute approximate surface area is 332 Å². The molecule has 2 atom stereocenters. The maximum Gasteiger partial charge on any atom is 0.270 e. The van der Waals surface area contributed by atoms with Crippen molar-refractivity contribution < 1.29 is 28.7 Å². The van der Waals surface area contributed by atoms with Crippen LogP contribution >= 0.6 is 0 Å².